The van der Waals surface area contributed by atoms with Gasteiger partial charge in [-0.05, 0) is 12.5 Å². The summed E-state index contributed by atoms with van der Waals surface area (Å²) in [5, 5.41) is 0. The van der Waals surface area contributed by atoms with Gasteiger partial charge in [0.05, 0.1) is 0 Å². The summed E-state index contributed by atoms with van der Waals surface area (Å²) in [6.07, 6.45) is 0. The van der Waals surface area contributed by atoms with Crippen molar-refractivity contribution in [1.82, 2.24) is 4.90 Å². The van der Waals surface area contributed by atoms with Crippen molar-refractivity contribution in [1.29, 1.82) is 0 Å². The van der Waals surface area contributed by atoms with Crippen LogP contribution in [0.3, 0.4) is 0 Å². The molecule has 0 saturated carbocycles. The molecule has 0 fully saturated rings. The van der Waals surface area contributed by atoms with E-state index >= 15 is 0 Å². The van der Waals surface area contributed by atoms with Crippen molar-refractivity contribution in [3.63, 3.8) is 0 Å². The molecule has 1 rings (SSSR count). The average molecular weight is 207 g/mol. The molecule has 0 heterocycles. The maximum atomic E-state index is 5.56. The second-order valence-electron chi connectivity index (χ2n) is 3.84. The van der Waals surface area contributed by atoms with Crippen LogP contribution in [0.15, 0.2) is 24.3 Å². The van der Waals surface area contributed by atoms with Crippen LogP contribution >= 0.6 is 0 Å². The molecule has 3 heteroatoms. The van der Waals surface area contributed by atoms with Crippen molar-refractivity contribution in [2.45, 2.75) is 13.5 Å². The van der Waals surface area contributed by atoms with Crippen molar-refractivity contribution in [3.8, 4) is 0 Å². The molecule has 0 atom stereocenters. The Morgan fingerprint density at radius 1 is 1.13 bits per heavy atom. The van der Waals surface area contributed by atoms with E-state index in [4.69, 9.17) is 11.5 Å². The summed E-state index contributed by atoms with van der Waals surface area (Å²) in [5.41, 5.74) is 13.8. The fourth-order valence-electron chi connectivity index (χ4n) is 1.70. The van der Waals surface area contributed by atoms with Gasteiger partial charge in [0.1, 0.15) is 0 Å². The molecular weight excluding hydrogens is 186 g/mol. The largest absolute Gasteiger partial charge is 0.329 e. The smallest absolute Gasteiger partial charge is 0.0234 e. The first-order valence-corrected chi connectivity index (χ1v) is 5.44. The van der Waals surface area contributed by atoms with Gasteiger partial charge in [0.2, 0.25) is 0 Å². The molecule has 15 heavy (non-hydrogen) atoms. The second kappa shape index (κ2) is 6.56. The summed E-state index contributed by atoms with van der Waals surface area (Å²) in [4.78, 5) is 2.29. The van der Waals surface area contributed by atoms with Crippen molar-refractivity contribution in [3.05, 3.63) is 35.4 Å². The van der Waals surface area contributed by atoms with E-state index in [0.717, 1.165) is 19.6 Å². The average Bonchev–Trinajstić information content (AvgIpc) is 2.18. The van der Waals surface area contributed by atoms with E-state index in [1.807, 2.05) is 0 Å². The van der Waals surface area contributed by atoms with Gasteiger partial charge >= 0.3 is 0 Å². The van der Waals surface area contributed by atoms with Crippen molar-refractivity contribution >= 4 is 0 Å². The normalized spacial score (nSPS) is 10.9. The summed E-state index contributed by atoms with van der Waals surface area (Å²) in [5.74, 6) is 0. The molecule has 0 saturated heterocycles. The van der Waals surface area contributed by atoms with Crippen molar-refractivity contribution in [2.75, 3.05) is 26.2 Å². The lowest BCUT2D eigenvalue weighted by atomic mass is 10.1. The number of nitrogens with zero attached hydrogens (tertiary/aromatic N) is 1. The highest BCUT2D eigenvalue weighted by molar-refractivity contribution is 5.22. The highest BCUT2D eigenvalue weighted by Gasteiger charge is 2.03. The highest BCUT2D eigenvalue weighted by Crippen LogP contribution is 2.06. The number of hydrogen-bond acceptors (Lipinski definition) is 3. The summed E-state index contributed by atoms with van der Waals surface area (Å²) in [6, 6.07) is 8.56. The highest BCUT2D eigenvalue weighted by atomic mass is 15.1. The predicted molar refractivity (Wildman–Crippen MR) is 64.6 cm³/mol. The van der Waals surface area contributed by atoms with E-state index < -0.39 is 0 Å². The first kappa shape index (κ1) is 12.2. The van der Waals surface area contributed by atoms with Gasteiger partial charge in [-0.1, -0.05) is 29.8 Å². The molecule has 0 amide bonds. The summed E-state index contributed by atoms with van der Waals surface area (Å²) < 4.78 is 0. The van der Waals surface area contributed by atoms with Gasteiger partial charge in [0.25, 0.3) is 0 Å². The zero-order valence-electron chi connectivity index (χ0n) is 9.45. The molecule has 84 valence electrons. The maximum Gasteiger partial charge on any atom is 0.0234 e. The molecule has 0 spiro atoms. The Balaban J connectivity index is 2.56. The van der Waals surface area contributed by atoms with Gasteiger partial charge in [0, 0.05) is 32.7 Å². The Hall–Kier alpha value is -0.900. The fraction of sp³-hybridized carbons (Fsp3) is 0.500. The predicted octanol–water partition coefficient (Wildman–Crippen LogP) is 0.714. The van der Waals surface area contributed by atoms with Gasteiger partial charge in [-0.2, -0.15) is 0 Å². The minimum atomic E-state index is 0.686. The number of hydrogen-bond donors (Lipinski definition) is 2. The molecule has 0 unspecified atom stereocenters. The third kappa shape index (κ3) is 4.42. The third-order valence-electron chi connectivity index (χ3n) is 2.38. The van der Waals surface area contributed by atoms with Gasteiger partial charge in [-0.25, -0.2) is 0 Å². The van der Waals surface area contributed by atoms with Crippen LogP contribution in [0, 0.1) is 6.92 Å². The molecule has 1 aromatic carbocycles. The molecule has 0 aliphatic rings. The molecule has 0 radical (unpaired) electrons. The SMILES string of the molecule is Cc1cccc(CN(CCN)CCN)c1. The molecule has 0 aliphatic heterocycles. The number of aryl methyl sites for hydroxylation is 1. The molecule has 3 nitrogen and oxygen atoms in total. The van der Waals surface area contributed by atoms with E-state index in [1.54, 1.807) is 0 Å². The van der Waals surface area contributed by atoms with Gasteiger partial charge in [-0.15, -0.1) is 0 Å². The van der Waals surface area contributed by atoms with E-state index in [0.29, 0.717) is 13.1 Å². The molecule has 0 aliphatic carbocycles. The van der Waals surface area contributed by atoms with Gasteiger partial charge in [-0.3, -0.25) is 4.90 Å². The second-order valence-corrected chi connectivity index (χ2v) is 3.84. The van der Waals surface area contributed by atoms with E-state index in [9.17, 15) is 0 Å². The lowest BCUT2D eigenvalue weighted by Gasteiger charge is -2.20. The molecule has 0 aromatic heterocycles. The lowest BCUT2D eigenvalue weighted by molar-refractivity contribution is 0.281. The maximum absolute atomic E-state index is 5.56. The monoisotopic (exact) mass is 207 g/mol. The Morgan fingerprint density at radius 3 is 2.33 bits per heavy atom. The quantitative estimate of drug-likeness (QED) is 0.722. The minimum absolute atomic E-state index is 0.686. The van der Waals surface area contributed by atoms with Gasteiger partial charge < -0.3 is 11.5 Å². The first-order chi connectivity index (χ1) is 7.26. The molecular formula is C12H21N3. The Labute approximate surface area is 92.1 Å². The fourth-order valence-corrected chi connectivity index (χ4v) is 1.70. The Kier molecular flexibility index (Phi) is 5.32. The van der Waals surface area contributed by atoms with E-state index in [-0.39, 0.29) is 0 Å². The summed E-state index contributed by atoms with van der Waals surface area (Å²) in [7, 11) is 0. The van der Waals surface area contributed by atoms with Crippen LogP contribution in [0.2, 0.25) is 0 Å². The summed E-state index contributed by atoms with van der Waals surface area (Å²) in [6.45, 7) is 6.24. The van der Waals surface area contributed by atoms with Crippen LogP contribution in [0.25, 0.3) is 0 Å². The van der Waals surface area contributed by atoms with Crippen LogP contribution in [0.1, 0.15) is 11.1 Å². The summed E-state index contributed by atoms with van der Waals surface area (Å²) >= 11 is 0. The van der Waals surface area contributed by atoms with E-state index in [1.165, 1.54) is 11.1 Å². The minimum Gasteiger partial charge on any atom is -0.329 e. The first-order valence-electron chi connectivity index (χ1n) is 5.44. The third-order valence-corrected chi connectivity index (χ3v) is 2.38. The van der Waals surface area contributed by atoms with Crippen LogP contribution in [-0.4, -0.2) is 31.1 Å². The molecule has 0 bridgehead atoms. The van der Waals surface area contributed by atoms with Crippen molar-refractivity contribution in [2.24, 2.45) is 11.5 Å². The van der Waals surface area contributed by atoms with Crippen LogP contribution < -0.4 is 11.5 Å². The topological polar surface area (TPSA) is 55.3 Å². The van der Waals surface area contributed by atoms with Crippen molar-refractivity contribution < 1.29 is 0 Å². The number of nitrogens with two attached hydrogens (primary N) is 2. The van der Waals surface area contributed by atoms with Gasteiger partial charge in [0.15, 0.2) is 0 Å². The van der Waals surface area contributed by atoms with Crippen LogP contribution in [0.4, 0.5) is 0 Å². The standard InChI is InChI=1S/C12H21N3/c1-11-3-2-4-12(9-11)10-15(7-5-13)8-6-14/h2-4,9H,5-8,10,13-14H2,1H3. The van der Waals surface area contributed by atoms with E-state index in [2.05, 4.69) is 36.1 Å². The Morgan fingerprint density at radius 2 is 1.80 bits per heavy atom. The number of benzene rings is 1. The van der Waals surface area contributed by atoms with Crippen LogP contribution in [0.5, 0.6) is 0 Å². The zero-order chi connectivity index (χ0) is 11.1. The number of rotatable bonds is 6. The molecule has 4 N–H and O–H groups in total. The lowest BCUT2D eigenvalue weighted by Crippen LogP contribution is -2.33. The Bertz CT molecular complexity index is 280. The van der Waals surface area contributed by atoms with Crippen LogP contribution in [-0.2, 0) is 6.54 Å². The molecule has 1 aromatic rings. The zero-order valence-corrected chi connectivity index (χ0v) is 9.45.